The Kier molecular flexibility index (Phi) is 8.16. The van der Waals surface area contributed by atoms with Gasteiger partial charge < -0.3 is 26.2 Å². The highest BCUT2D eigenvalue weighted by molar-refractivity contribution is 5.94. The summed E-state index contributed by atoms with van der Waals surface area (Å²) in [4.78, 5) is 36.6. The molecule has 1 aromatic carbocycles. The van der Waals surface area contributed by atoms with Crippen LogP contribution >= 0.6 is 0 Å². The van der Waals surface area contributed by atoms with Gasteiger partial charge in [0.25, 0.3) is 5.91 Å². The van der Waals surface area contributed by atoms with Crippen molar-refractivity contribution in [1.29, 1.82) is 0 Å². The summed E-state index contributed by atoms with van der Waals surface area (Å²) in [5.74, 6) is -1.63. The van der Waals surface area contributed by atoms with Crippen molar-refractivity contribution in [3.8, 4) is 0 Å². The van der Waals surface area contributed by atoms with Crippen molar-refractivity contribution in [3.63, 3.8) is 0 Å². The van der Waals surface area contributed by atoms with Gasteiger partial charge >= 0.3 is 6.18 Å². The van der Waals surface area contributed by atoms with Gasteiger partial charge in [0.2, 0.25) is 11.9 Å². The zero-order valence-corrected chi connectivity index (χ0v) is 20.7. The van der Waals surface area contributed by atoms with Crippen molar-refractivity contribution in [2.45, 2.75) is 44.3 Å². The minimum absolute atomic E-state index is 0.0436. The third-order valence-electron chi connectivity index (χ3n) is 6.98. The predicted molar refractivity (Wildman–Crippen MR) is 133 cm³/mol. The topological polar surface area (TPSA) is 116 Å². The number of nitrogens with two attached hydrogens (primary N) is 1. The van der Waals surface area contributed by atoms with Crippen LogP contribution in [0.5, 0.6) is 0 Å². The molecule has 2 atom stereocenters. The zero-order valence-electron chi connectivity index (χ0n) is 20.7. The number of carbonyl (C=O) groups is 2. The smallest absolute Gasteiger partial charge is 0.369 e. The Labute approximate surface area is 213 Å². The SMILES string of the molecule is CN1CCN(C(=O)c2ccc(Nc3ncc(C(F)(F)F)c(N[C@@H]4CCCCC[C@@H]4C(N)=O)n3)cc2)CC1. The molecule has 1 aliphatic carbocycles. The molecule has 2 fully saturated rings. The number of amides is 2. The van der Waals surface area contributed by atoms with Gasteiger partial charge in [-0.3, -0.25) is 9.59 Å². The molecule has 37 heavy (non-hydrogen) atoms. The maximum Gasteiger partial charge on any atom is 0.421 e. The lowest BCUT2D eigenvalue weighted by Crippen LogP contribution is -2.47. The van der Waals surface area contributed by atoms with Crippen molar-refractivity contribution in [3.05, 3.63) is 41.6 Å². The van der Waals surface area contributed by atoms with E-state index < -0.39 is 35.4 Å². The summed E-state index contributed by atoms with van der Waals surface area (Å²) in [5, 5.41) is 5.76. The van der Waals surface area contributed by atoms with Crippen molar-refractivity contribution in [1.82, 2.24) is 19.8 Å². The monoisotopic (exact) mass is 519 g/mol. The van der Waals surface area contributed by atoms with Gasteiger partial charge in [0.1, 0.15) is 11.4 Å². The van der Waals surface area contributed by atoms with Gasteiger partial charge in [-0.05, 0) is 44.2 Å². The van der Waals surface area contributed by atoms with Gasteiger partial charge in [-0.1, -0.05) is 19.3 Å². The van der Waals surface area contributed by atoms with E-state index in [1.165, 1.54) is 0 Å². The van der Waals surface area contributed by atoms with E-state index in [1.807, 2.05) is 7.05 Å². The van der Waals surface area contributed by atoms with Crippen LogP contribution in [-0.2, 0) is 11.0 Å². The molecular formula is C25H32F3N7O2. The molecule has 200 valence electrons. The van der Waals surface area contributed by atoms with Crippen LogP contribution < -0.4 is 16.4 Å². The lowest BCUT2D eigenvalue weighted by Gasteiger charge is -2.32. The number of carbonyl (C=O) groups excluding carboxylic acids is 2. The van der Waals surface area contributed by atoms with Gasteiger partial charge in [0, 0.05) is 49.7 Å². The Morgan fingerprint density at radius 2 is 1.70 bits per heavy atom. The van der Waals surface area contributed by atoms with Crippen molar-refractivity contribution in [2.75, 3.05) is 43.9 Å². The second-order valence-electron chi connectivity index (χ2n) is 9.65. The Morgan fingerprint density at radius 1 is 1.03 bits per heavy atom. The quantitative estimate of drug-likeness (QED) is 0.501. The molecule has 2 amide bonds. The summed E-state index contributed by atoms with van der Waals surface area (Å²) in [5.41, 5.74) is 5.58. The van der Waals surface area contributed by atoms with Gasteiger partial charge in [-0.15, -0.1) is 0 Å². The number of likely N-dealkylation sites (N-methyl/N-ethyl adjacent to an activating group) is 1. The highest BCUT2D eigenvalue weighted by atomic mass is 19.4. The minimum atomic E-state index is -4.68. The standard InChI is InChI=1S/C25H32F3N7O2/c1-34-11-13-35(14-12-34)23(37)16-7-9-17(10-8-16)31-24-30-15-19(25(26,27)28)22(33-24)32-20-6-4-2-3-5-18(20)21(29)36/h7-10,15,18,20H,2-6,11-14H2,1H3,(H2,29,36)(H2,30,31,32,33)/t18-,20+/m0/s1. The lowest BCUT2D eigenvalue weighted by molar-refractivity contribution is -0.137. The van der Waals surface area contributed by atoms with Crippen LogP contribution in [0.4, 0.5) is 30.6 Å². The summed E-state index contributed by atoms with van der Waals surface area (Å²) in [7, 11) is 2.01. The van der Waals surface area contributed by atoms with Crippen LogP contribution in [-0.4, -0.2) is 70.9 Å². The number of nitrogens with one attached hydrogen (secondary N) is 2. The van der Waals surface area contributed by atoms with Gasteiger partial charge in [-0.25, -0.2) is 4.98 Å². The molecule has 12 heteroatoms. The number of anilines is 3. The first kappa shape index (κ1) is 26.6. The average molecular weight is 520 g/mol. The normalized spacial score (nSPS) is 21.2. The summed E-state index contributed by atoms with van der Waals surface area (Å²) < 4.78 is 41.2. The van der Waals surface area contributed by atoms with E-state index in [4.69, 9.17) is 5.73 Å². The number of nitrogens with zero attached hydrogens (tertiary/aromatic N) is 4. The molecular weight excluding hydrogens is 487 g/mol. The van der Waals surface area contributed by atoms with E-state index in [0.29, 0.717) is 37.2 Å². The largest absolute Gasteiger partial charge is 0.421 e. The molecule has 1 aromatic heterocycles. The van der Waals surface area contributed by atoms with Crippen LogP contribution in [0, 0.1) is 5.92 Å². The number of benzene rings is 1. The number of aromatic nitrogens is 2. The van der Waals surface area contributed by atoms with E-state index in [9.17, 15) is 22.8 Å². The molecule has 9 nitrogen and oxygen atoms in total. The fourth-order valence-electron chi connectivity index (χ4n) is 4.77. The summed E-state index contributed by atoms with van der Waals surface area (Å²) in [6, 6.07) is 6.09. The molecule has 0 spiro atoms. The van der Waals surface area contributed by atoms with Crippen molar-refractivity contribution in [2.24, 2.45) is 11.7 Å². The molecule has 2 heterocycles. The van der Waals surface area contributed by atoms with E-state index in [0.717, 1.165) is 38.5 Å². The van der Waals surface area contributed by atoms with Crippen molar-refractivity contribution < 1.29 is 22.8 Å². The van der Waals surface area contributed by atoms with E-state index in [-0.39, 0.29) is 11.9 Å². The van der Waals surface area contributed by atoms with E-state index >= 15 is 0 Å². The van der Waals surface area contributed by atoms with Crippen LogP contribution in [0.2, 0.25) is 0 Å². The third-order valence-corrected chi connectivity index (χ3v) is 6.98. The molecule has 2 aromatic rings. The average Bonchev–Trinajstić information content (AvgIpc) is 3.09. The van der Waals surface area contributed by atoms with Crippen molar-refractivity contribution >= 4 is 29.3 Å². The molecule has 0 bridgehead atoms. The zero-order chi connectivity index (χ0) is 26.6. The fraction of sp³-hybridized carbons (Fsp3) is 0.520. The van der Waals surface area contributed by atoms with Crippen LogP contribution in [0.3, 0.4) is 0 Å². The van der Waals surface area contributed by atoms with E-state index in [2.05, 4.69) is 25.5 Å². The second kappa shape index (κ2) is 11.3. The van der Waals surface area contributed by atoms with Gasteiger partial charge in [0.15, 0.2) is 0 Å². The van der Waals surface area contributed by atoms with Crippen LogP contribution in [0.25, 0.3) is 0 Å². The maximum atomic E-state index is 13.7. The predicted octanol–water partition coefficient (Wildman–Crippen LogP) is 3.47. The molecule has 2 aliphatic rings. The van der Waals surface area contributed by atoms with Gasteiger partial charge in [-0.2, -0.15) is 18.2 Å². The Balaban J connectivity index is 1.51. The Bertz CT molecular complexity index is 1100. The third kappa shape index (κ3) is 6.68. The summed E-state index contributed by atoms with van der Waals surface area (Å²) >= 11 is 0. The summed E-state index contributed by atoms with van der Waals surface area (Å²) in [6.07, 6.45) is -0.472. The first-order valence-electron chi connectivity index (χ1n) is 12.5. The van der Waals surface area contributed by atoms with Crippen LogP contribution in [0.1, 0.15) is 48.0 Å². The molecule has 1 aliphatic heterocycles. The number of halogens is 3. The number of hydrogen-bond acceptors (Lipinski definition) is 7. The maximum absolute atomic E-state index is 13.7. The van der Waals surface area contributed by atoms with Gasteiger partial charge in [0.05, 0.1) is 5.92 Å². The second-order valence-corrected chi connectivity index (χ2v) is 9.65. The summed E-state index contributed by atoms with van der Waals surface area (Å²) in [6.45, 7) is 2.94. The lowest BCUT2D eigenvalue weighted by atomic mass is 9.94. The Morgan fingerprint density at radius 3 is 2.35 bits per heavy atom. The molecule has 0 radical (unpaired) electrons. The highest BCUT2D eigenvalue weighted by Gasteiger charge is 2.37. The van der Waals surface area contributed by atoms with E-state index in [1.54, 1.807) is 29.2 Å². The molecule has 1 saturated heterocycles. The fourth-order valence-corrected chi connectivity index (χ4v) is 4.77. The molecule has 4 rings (SSSR count). The number of alkyl halides is 3. The molecule has 4 N–H and O–H groups in total. The first-order valence-corrected chi connectivity index (χ1v) is 12.5. The molecule has 0 unspecified atom stereocenters. The van der Waals surface area contributed by atoms with Crippen LogP contribution in [0.15, 0.2) is 30.5 Å². The number of piperazine rings is 1. The first-order chi connectivity index (χ1) is 17.6. The number of hydrogen-bond donors (Lipinski definition) is 3. The number of rotatable bonds is 6. The molecule has 1 saturated carbocycles. The highest BCUT2D eigenvalue weighted by Crippen LogP contribution is 2.36. The number of primary amides is 1. The minimum Gasteiger partial charge on any atom is -0.369 e. The Hall–Kier alpha value is -3.41.